The van der Waals surface area contributed by atoms with E-state index >= 15 is 0 Å². The van der Waals surface area contributed by atoms with Crippen molar-refractivity contribution in [3.05, 3.63) is 0 Å². The Labute approximate surface area is 192 Å². The van der Waals surface area contributed by atoms with E-state index in [0.717, 1.165) is 0 Å². The fourth-order valence-electron chi connectivity index (χ4n) is 2.33. The highest BCUT2D eigenvalue weighted by Crippen LogP contribution is 2.17. The van der Waals surface area contributed by atoms with E-state index in [1.165, 1.54) is 0 Å². The summed E-state index contributed by atoms with van der Waals surface area (Å²) >= 11 is 0. The Morgan fingerprint density at radius 2 is 0.719 bits per heavy atom. The van der Waals surface area contributed by atoms with Gasteiger partial charge in [-0.05, 0) is 25.7 Å². The molecule has 0 aliphatic heterocycles. The molecule has 0 bridgehead atoms. The molecule has 0 aromatic carbocycles. The first-order chi connectivity index (χ1) is 14.6. The summed E-state index contributed by atoms with van der Waals surface area (Å²) in [5, 5.41) is 0. The molecule has 32 heavy (non-hydrogen) atoms. The van der Waals surface area contributed by atoms with E-state index in [2.05, 4.69) is 0 Å². The van der Waals surface area contributed by atoms with Crippen molar-refractivity contribution >= 4 is 40.5 Å². The highest BCUT2D eigenvalue weighted by Gasteiger charge is 2.35. The maximum Gasteiger partial charge on any atom is 0.267 e. The first-order valence-corrected chi connectivity index (χ1v) is 16.5. The van der Waals surface area contributed by atoms with Crippen LogP contribution in [0.4, 0.5) is 0 Å². The zero-order chi connectivity index (χ0) is 25.1. The van der Waals surface area contributed by atoms with Crippen molar-refractivity contribution in [3.8, 4) is 0 Å². The van der Waals surface area contributed by atoms with Gasteiger partial charge in [0.05, 0.1) is 36.2 Å². The van der Waals surface area contributed by atoms with Gasteiger partial charge in [0, 0.05) is 0 Å². The lowest BCUT2D eigenvalue weighted by Gasteiger charge is -2.26. The third-order valence-corrected chi connectivity index (χ3v) is 9.30. The SMILES string of the molecule is CCCS(=O)(=O)OCC(OS(=O)(=O)CCC)C(COS(=O)(=O)CCC)OS(=O)(=O)CCC. The van der Waals surface area contributed by atoms with Crippen LogP contribution in [0.25, 0.3) is 0 Å². The molecule has 0 saturated carbocycles. The quantitative estimate of drug-likeness (QED) is 0.208. The fourth-order valence-corrected chi connectivity index (χ4v) is 6.55. The van der Waals surface area contributed by atoms with Crippen molar-refractivity contribution in [2.45, 2.75) is 65.6 Å². The molecule has 16 heteroatoms. The van der Waals surface area contributed by atoms with Gasteiger partial charge in [-0.15, -0.1) is 0 Å². The van der Waals surface area contributed by atoms with Crippen LogP contribution >= 0.6 is 0 Å². The molecule has 0 spiro atoms. The number of hydrogen-bond donors (Lipinski definition) is 0. The Bertz CT molecular complexity index is 872. The summed E-state index contributed by atoms with van der Waals surface area (Å²) in [5.74, 6) is -1.64. The average Bonchev–Trinajstić information content (AvgIpc) is 2.62. The minimum Gasteiger partial charge on any atom is -0.267 e. The standard InChI is InChI=1S/C16H34O12S4/c1-5-9-29(17,18)25-13-15(27-31(21,22)11-7-3)16(28-32(23,24)12-8-4)14-26-30(19,20)10-6-2/h15-16H,5-14H2,1-4H3. The molecule has 2 atom stereocenters. The lowest BCUT2D eigenvalue weighted by atomic mass is 10.2. The van der Waals surface area contributed by atoms with Crippen molar-refractivity contribution in [1.29, 1.82) is 0 Å². The smallest absolute Gasteiger partial charge is 0.267 e. The Balaban J connectivity index is 6.01. The molecule has 12 nitrogen and oxygen atoms in total. The molecule has 0 saturated heterocycles. The molecule has 0 rings (SSSR count). The second-order valence-electron chi connectivity index (χ2n) is 6.89. The van der Waals surface area contributed by atoms with Crippen molar-refractivity contribution in [3.63, 3.8) is 0 Å². The largest absolute Gasteiger partial charge is 0.267 e. The van der Waals surface area contributed by atoms with Crippen molar-refractivity contribution in [2.75, 3.05) is 36.2 Å². The molecule has 0 aliphatic rings. The van der Waals surface area contributed by atoms with Crippen molar-refractivity contribution < 1.29 is 50.4 Å². The Morgan fingerprint density at radius 1 is 0.469 bits per heavy atom. The van der Waals surface area contributed by atoms with Gasteiger partial charge in [-0.1, -0.05) is 27.7 Å². The Hall–Kier alpha value is -0.360. The Kier molecular flexibility index (Phi) is 14.0. The second kappa shape index (κ2) is 14.1. The third-order valence-electron chi connectivity index (χ3n) is 3.60. The lowest BCUT2D eigenvalue weighted by Crippen LogP contribution is -2.43. The maximum absolute atomic E-state index is 12.2. The van der Waals surface area contributed by atoms with E-state index in [-0.39, 0.29) is 37.2 Å². The summed E-state index contributed by atoms with van der Waals surface area (Å²) in [4.78, 5) is 0. The summed E-state index contributed by atoms with van der Waals surface area (Å²) in [5.41, 5.74) is 0. The minimum absolute atomic E-state index is 0.158. The third kappa shape index (κ3) is 14.0. The summed E-state index contributed by atoms with van der Waals surface area (Å²) in [7, 11) is -16.6. The van der Waals surface area contributed by atoms with E-state index < -0.39 is 77.4 Å². The van der Waals surface area contributed by atoms with Crippen LogP contribution in [-0.4, -0.2) is 82.1 Å². The van der Waals surface area contributed by atoms with E-state index in [4.69, 9.17) is 16.7 Å². The highest BCUT2D eigenvalue weighted by atomic mass is 32.2. The van der Waals surface area contributed by atoms with Crippen LogP contribution in [0.2, 0.25) is 0 Å². The first-order valence-electron chi connectivity index (χ1n) is 10.2. The van der Waals surface area contributed by atoms with Gasteiger partial charge >= 0.3 is 0 Å². The Morgan fingerprint density at radius 3 is 0.969 bits per heavy atom. The van der Waals surface area contributed by atoms with Gasteiger partial charge in [0.2, 0.25) is 0 Å². The number of hydrogen-bond acceptors (Lipinski definition) is 12. The van der Waals surface area contributed by atoms with E-state index in [1.807, 2.05) is 0 Å². The summed E-state index contributed by atoms with van der Waals surface area (Å²) in [6.45, 7) is 4.42. The van der Waals surface area contributed by atoms with E-state index in [9.17, 15) is 33.7 Å². The molecular formula is C16H34O12S4. The van der Waals surface area contributed by atoms with Crippen molar-refractivity contribution in [1.82, 2.24) is 0 Å². The van der Waals surface area contributed by atoms with Gasteiger partial charge in [-0.25, -0.2) is 0 Å². The van der Waals surface area contributed by atoms with Gasteiger partial charge in [-0.2, -0.15) is 33.7 Å². The fraction of sp³-hybridized carbons (Fsp3) is 1.00. The van der Waals surface area contributed by atoms with Crippen molar-refractivity contribution in [2.24, 2.45) is 0 Å². The second-order valence-corrected chi connectivity index (χ2v) is 13.8. The molecular weight excluding hydrogens is 512 g/mol. The van der Waals surface area contributed by atoms with Crippen LogP contribution < -0.4 is 0 Å². The van der Waals surface area contributed by atoms with Crippen LogP contribution in [0, 0.1) is 0 Å². The molecule has 0 aliphatic carbocycles. The van der Waals surface area contributed by atoms with Crippen LogP contribution in [0.3, 0.4) is 0 Å². The lowest BCUT2D eigenvalue weighted by molar-refractivity contribution is 0.00830. The zero-order valence-electron chi connectivity index (χ0n) is 18.8. The predicted molar refractivity (Wildman–Crippen MR) is 118 cm³/mol. The summed E-state index contributed by atoms with van der Waals surface area (Å²) in [6.07, 6.45) is -2.87. The predicted octanol–water partition coefficient (Wildman–Crippen LogP) is 0.749. The average molecular weight is 547 g/mol. The highest BCUT2D eigenvalue weighted by molar-refractivity contribution is 7.87. The summed E-state index contributed by atoms with van der Waals surface area (Å²) in [6, 6.07) is 0. The zero-order valence-corrected chi connectivity index (χ0v) is 22.0. The van der Waals surface area contributed by atoms with Crippen LogP contribution in [0.5, 0.6) is 0 Å². The maximum atomic E-state index is 12.2. The molecule has 0 amide bonds. The molecule has 0 N–H and O–H groups in total. The molecule has 0 radical (unpaired) electrons. The van der Waals surface area contributed by atoms with Gasteiger partial charge in [0.1, 0.15) is 12.2 Å². The number of rotatable bonds is 19. The first kappa shape index (κ1) is 31.6. The molecule has 194 valence electrons. The summed E-state index contributed by atoms with van der Waals surface area (Å²) < 4.78 is 116. The van der Waals surface area contributed by atoms with Crippen LogP contribution in [0.15, 0.2) is 0 Å². The van der Waals surface area contributed by atoms with Gasteiger partial charge in [0.15, 0.2) is 0 Å². The van der Waals surface area contributed by atoms with Crippen LogP contribution in [0.1, 0.15) is 53.4 Å². The topological polar surface area (TPSA) is 173 Å². The van der Waals surface area contributed by atoms with Gasteiger partial charge in [0.25, 0.3) is 40.5 Å². The molecule has 0 aromatic heterocycles. The molecule has 0 fully saturated rings. The van der Waals surface area contributed by atoms with E-state index in [0.29, 0.717) is 0 Å². The molecule has 0 heterocycles. The van der Waals surface area contributed by atoms with Gasteiger partial charge in [-0.3, -0.25) is 16.7 Å². The monoisotopic (exact) mass is 546 g/mol. The molecule has 0 aromatic rings. The van der Waals surface area contributed by atoms with Gasteiger partial charge < -0.3 is 0 Å². The normalized spacial score (nSPS) is 15.5. The minimum atomic E-state index is -4.24. The van der Waals surface area contributed by atoms with E-state index in [1.54, 1.807) is 27.7 Å². The molecule has 2 unspecified atom stereocenters. The van der Waals surface area contributed by atoms with Crippen LogP contribution in [-0.2, 0) is 57.2 Å².